The summed E-state index contributed by atoms with van der Waals surface area (Å²) >= 11 is 0. The van der Waals surface area contributed by atoms with Crippen molar-refractivity contribution in [2.45, 2.75) is 77.0 Å². The van der Waals surface area contributed by atoms with E-state index in [9.17, 15) is 18.9 Å². The number of rotatable bonds is 3. The number of halogens is 1. The van der Waals surface area contributed by atoms with Gasteiger partial charge in [0.15, 0.2) is 0 Å². The number of nitrogens with zero attached hydrogens (tertiary/aromatic N) is 2. The number of esters is 1. The number of hydrogen-bond acceptors (Lipinski definition) is 4. The van der Waals surface area contributed by atoms with E-state index in [2.05, 4.69) is 0 Å². The Kier molecular flexibility index (Phi) is 5.90. The first-order valence-corrected chi connectivity index (χ1v) is 8.81. The van der Waals surface area contributed by atoms with Crippen molar-refractivity contribution < 1.29 is 28.7 Å². The molecular weight excluding hydrogens is 331 g/mol. The largest absolute Gasteiger partial charge is 0.481 e. The van der Waals surface area contributed by atoms with Crippen molar-refractivity contribution >= 4 is 18.0 Å². The molecule has 2 aliphatic rings. The van der Waals surface area contributed by atoms with Gasteiger partial charge in [0.05, 0.1) is 12.0 Å². The molecule has 25 heavy (non-hydrogen) atoms. The van der Waals surface area contributed by atoms with Gasteiger partial charge in [0.2, 0.25) is 0 Å². The van der Waals surface area contributed by atoms with Gasteiger partial charge in [-0.25, -0.2) is 9.59 Å². The molecule has 2 amide bonds. The molecule has 0 radical (unpaired) electrons. The van der Waals surface area contributed by atoms with Crippen LogP contribution in [0.2, 0.25) is 0 Å². The van der Waals surface area contributed by atoms with Gasteiger partial charge < -0.3 is 14.7 Å². The van der Waals surface area contributed by atoms with Gasteiger partial charge in [-0.2, -0.15) is 5.12 Å². The van der Waals surface area contributed by atoms with Gasteiger partial charge in [-0.15, -0.1) is 0 Å². The van der Waals surface area contributed by atoms with E-state index in [1.165, 1.54) is 4.90 Å². The molecule has 1 unspecified atom stereocenters. The number of carbonyl (C=O) groups is 3. The Morgan fingerprint density at radius 3 is 2.24 bits per heavy atom. The summed E-state index contributed by atoms with van der Waals surface area (Å²) in [5.41, 5.74) is -0.668. The highest BCUT2D eigenvalue weighted by Crippen LogP contribution is 2.30. The Balaban J connectivity index is 1.96. The molecule has 0 bridgehead atoms. The second-order valence-corrected chi connectivity index (χ2v) is 7.82. The highest BCUT2D eigenvalue weighted by Gasteiger charge is 2.41. The smallest absolute Gasteiger partial charge is 0.349 e. The van der Waals surface area contributed by atoms with E-state index in [4.69, 9.17) is 9.84 Å². The molecule has 7 nitrogen and oxygen atoms in total. The lowest BCUT2D eigenvalue weighted by Crippen LogP contribution is -2.50. The Morgan fingerprint density at radius 2 is 1.72 bits per heavy atom. The Bertz CT molecular complexity index is 526. The maximum Gasteiger partial charge on any atom is 0.349 e. The molecule has 1 saturated heterocycles. The molecule has 1 aliphatic heterocycles. The second-order valence-electron chi connectivity index (χ2n) is 7.82. The Morgan fingerprint density at radius 1 is 1.12 bits per heavy atom. The van der Waals surface area contributed by atoms with Crippen LogP contribution in [-0.4, -0.2) is 57.3 Å². The van der Waals surface area contributed by atoms with Gasteiger partial charge in [-0.05, 0) is 59.3 Å². The van der Waals surface area contributed by atoms with Gasteiger partial charge in [-0.3, -0.25) is 4.79 Å². The first-order chi connectivity index (χ1) is 11.6. The van der Waals surface area contributed by atoms with Crippen LogP contribution in [0.25, 0.3) is 0 Å². The minimum absolute atomic E-state index is 0.181. The number of ether oxygens (including phenoxy) is 1. The quantitative estimate of drug-likeness (QED) is 0.619. The van der Waals surface area contributed by atoms with E-state index in [0.717, 1.165) is 0 Å². The number of carboxylic acids is 1. The van der Waals surface area contributed by atoms with E-state index in [1.54, 1.807) is 20.8 Å². The number of urea groups is 1. The van der Waals surface area contributed by atoms with Gasteiger partial charge in [0, 0.05) is 6.54 Å². The molecule has 0 spiro atoms. The molecule has 2 rings (SSSR count). The monoisotopic (exact) mass is 358 g/mol. The molecule has 0 aromatic heterocycles. The van der Waals surface area contributed by atoms with E-state index >= 15 is 0 Å². The summed E-state index contributed by atoms with van der Waals surface area (Å²) in [5.74, 6) is -1.86. The lowest BCUT2D eigenvalue weighted by Gasteiger charge is -2.34. The van der Waals surface area contributed by atoms with Gasteiger partial charge in [-0.1, -0.05) is 4.48 Å². The molecule has 1 atom stereocenters. The Labute approximate surface area is 147 Å². The lowest BCUT2D eigenvalue weighted by molar-refractivity contribution is -0.160. The van der Waals surface area contributed by atoms with Crippen LogP contribution in [0.4, 0.5) is 9.28 Å². The standard InChI is InChI=1S/C17H27FN2O5/c1-17(2,3)25-15(23)13-5-4-10-19(13)16(24)20(18)12-8-6-11(7-9-12)14(21)22/h11-13H,4-10H2,1-3H3,(H,21,22). The zero-order valence-corrected chi connectivity index (χ0v) is 15.0. The predicted octanol–water partition coefficient (Wildman–Crippen LogP) is 2.74. The average Bonchev–Trinajstić information content (AvgIpc) is 3.01. The van der Waals surface area contributed by atoms with Gasteiger partial charge in [0.1, 0.15) is 11.6 Å². The zero-order valence-electron chi connectivity index (χ0n) is 15.0. The highest BCUT2D eigenvalue weighted by atomic mass is 19.2. The third-order valence-electron chi connectivity index (χ3n) is 4.73. The normalized spacial score (nSPS) is 27.0. The molecule has 1 aliphatic carbocycles. The highest BCUT2D eigenvalue weighted by molar-refractivity contribution is 5.84. The lowest BCUT2D eigenvalue weighted by atomic mass is 9.86. The summed E-state index contributed by atoms with van der Waals surface area (Å²) in [6.07, 6.45) is 2.40. The van der Waals surface area contributed by atoms with Crippen molar-refractivity contribution in [2.24, 2.45) is 5.92 Å². The predicted molar refractivity (Wildman–Crippen MR) is 87.3 cm³/mol. The van der Waals surface area contributed by atoms with Crippen LogP contribution in [0.15, 0.2) is 0 Å². The van der Waals surface area contributed by atoms with Crippen molar-refractivity contribution in [3.8, 4) is 0 Å². The number of likely N-dealkylation sites (tertiary alicyclic amines) is 1. The number of carboxylic acid groups (broad SMARTS) is 1. The summed E-state index contributed by atoms with van der Waals surface area (Å²) in [6, 6.07) is -2.23. The summed E-state index contributed by atoms with van der Waals surface area (Å²) < 4.78 is 19.9. The minimum Gasteiger partial charge on any atom is -0.481 e. The molecule has 1 N–H and O–H groups in total. The average molecular weight is 358 g/mol. The van der Waals surface area contributed by atoms with E-state index in [-0.39, 0.29) is 5.12 Å². The summed E-state index contributed by atoms with van der Waals surface area (Å²) in [4.78, 5) is 37.0. The third kappa shape index (κ3) is 4.83. The Hall–Kier alpha value is -1.86. The fourth-order valence-corrected chi connectivity index (χ4v) is 3.44. The zero-order chi connectivity index (χ0) is 18.8. The number of carbonyl (C=O) groups excluding carboxylic acids is 2. The first-order valence-electron chi connectivity index (χ1n) is 8.81. The molecule has 0 aromatic carbocycles. The SMILES string of the molecule is CC(C)(C)OC(=O)C1CCCN1C(=O)N(F)C1CCC(C(=O)O)CC1. The molecule has 1 heterocycles. The van der Waals surface area contributed by atoms with Gasteiger partial charge in [0.25, 0.3) is 0 Å². The number of aliphatic carboxylic acids is 1. The van der Waals surface area contributed by atoms with Crippen molar-refractivity contribution in [3.63, 3.8) is 0 Å². The van der Waals surface area contributed by atoms with Crippen LogP contribution in [0.5, 0.6) is 0 Å². The second kappa shape index (κ2) is 7.58. The van der Waals surface area contributed by atoms with Crippen molar-refractivity contribution in [3.05, 3.63) is 0 Å². The van der Waals surface area contributed by atoms with E-state index in [1.807, 2.05) is 0 Å². The molecule has 8 heteroatoms. The van der Waals surface area contributed by atoms with E-state index in [0.29, 0.717) is 45.1 Å². The van der Waals surface area contributed by atoms with Gasteiger partial charge >= 0.3 is 18.0 Å². The van der Waals surface area contributed by atoms with Crippen LogP contribution in [0, 0.1) is 5.92 Å². The van der Waals surface area contributed by atoms with Crippen LogP contribution in [0.3, 0.4) is 0 Å². The van der Waals surface area contributed by atoms with Crippen molar-refractivity contribution in [1.29, 1.82) is 0 Å². The third-order valence-corrected chi connectivity index (χ3v) is 4.73. The molecular formula is C17H27FN2O5. The first kappa shape index (κ1) is 19.5. The van der Waals surface area contributed by atoms with E-state index < -0.39 is 41.6 Å². The van der Waals surface area contributed by atoms with Crippen LogP contribution < -0.4 is 0 Å². The van der Waals surface area contributed by atoms with Crippen molar-refractivity contribution in [2.75, 3.05) is 6.54 Å². The van der Waals surface area contributed by atoms with Crippen LogP contribution in [-0.2, 0) is 14.3 Å². The van der Waals surface area contributed by atoms with Crippen LogP contribution in [0.1, 0.15) is 59.3 Å². The number of hydrogen-bond donors (Lipinski definition) is 1. The molecule has 1 saturated carbocycles. The topological polar surface area (TPSA) is 87.2 Å². The fourth-order valence-electron chi connectivity index (χ4n) is 3.44. The van der Waals surface area contributed by atoms with Crippen molar-refractivity contribution in [1.82, 2.24) is 10.0 Å². The summed E-state index contributed by atoms with van der Waals surface area (Å²) in [6.45, 7) is 5.55. The fraction of sp³-hybridized carbons (Fsp3) is 0.824. The molecule has 142 valence electrons. The summed E-state index contributed by atoms with van der Waals surface area (Å²) in [5, 5.41) is 9.18. The maximum atomic E-state index is 14.6. The number of amides is 2. The summed E-state index contributed by atoms with van der Waals surface area (Å²) in [7, 11) is 0. The minimum atomic E-state index is -0.875. The molecule has 2 fully saturated rings. The van der Waals surface area contributed by atoms with Crippen LogP contribution >= 0.6 is 0 Å². The maximum absolute atomic E-state index is 14.6. The molecule has 0 aromatic rings.